The lowest BCUT2D eigenvalue weighted by atomic mass is 9.90. The number of hydrogen-bond donors (Lipinski definition) is 1. The highest BCUT2D eigenvalue weighted by Gasteiger charge is 2.22. The molecule has 0 aromatic carbocycles. The van der Waals surface area contributed by atoms with Gasteiger partial charge < -0.3 is 10.6 Å². The Morgan fingerprint density at radius 3 is 2.29 bits per heavy atom. The fourth-order valence-corrected chi connectivity index (χ4v) is 2.43. The van der Waals surface area contributed by atoms with E-state index in [1.165, 1.54) is 51.6 Å². The highest BCUT2D eigenvalue weighted by Crippen LogP contribution is 2.22. The zero-order valence-electron chi connectivity index (χ0n) is 9.84. The summed E-state index contributed by atoms with van der Waals surface area (Å²) in [6.07, 6.45) is 7.75. The van der Waals surface area contributed by atoms with E-state index in [9.17, 15) is 0 Å². The van der Waals surface area contributed by atoms with Crippen LogP contribution in [0.25, 0.3) is 0 Å². The van der Waals surface area contributed by atoms with Gasteiger partial charge in [0.15, 0.2) is 0 Å². The lowest BCUT2D eigenvalue weighted by molar-refractivity contribution is 0.155. The molecule has 0 spiro atoms. The van der Waals surface area contributed by atoms with Crippen LogP contribution in [0.3, 0.4) is 0 Å². The predicted octanol–water partition coefficient (Wildman–Crippen LogP) is 2.38. The zero-order chi connectivity index (χ0) is 10.4. The molecule has 0 bridgehead atoms. The molecule has 2 N–H and O–H groups in total. The third-order valence-electron chi connectivity index (χ3n) is 3.46. The summed E-state index contributed by atoms with van der Waals surface area (Å²) in [7, 11) is 0. The van der Waals surface area contributed by atoms with Crippen molar-refractivity contribution in [3.63, 3.8) is 0 Å². The van der Waals surface area contributed by atoms with Crippen molar-refractivity contribution >= 4 is 0 Å². The first kappa shape index (κ1) is 12.0. The van der Waals surface area contributed by atoms with Gasteiger partial charge in [0.1, 0.15) is 0 Å². The van der Waals surface area contributed by atoms with Crippen LogP contribution < -0.4 is 5.73 Å². The molecule has 0 saturated heterocycles. The Kier molecular flexibility index (Phi) is 5.49. The van der Waals surface area contributed by atoms with E-state index < -0.39 is 0 Å². The Labute approximate surface area is 88.8 Å². The van der Waals surface area contributed by atoms with E-state index in [0.29, 0.717) is 6.04 Å². The summed E-state index contributed by atoms with van der Waals surface area (Å²) in [5.41, 5.74) is 5.92. The first-order valence-electron chi connectivity index (χ1n) is 6.27. The van der Waals surface area contributed by atoms with Crippen molar-refractivity contribution in [3.05, 3.63) is 0 Å². The van der Waals surface area contributed by atoms with Gasteiger partial charge in [0.2, 0.25) is 0 Å². The lowest BCUT2D eigenvalue weighted by Crippen LogP contribution is -2.41. The molecule has 0 heterocycles. The van der Waals surface area contributed by atoms with Crippen molar-refractivity contribution in [2.45, 2.75) is 64.5 Å². The molecule has 2 nitrogen and oxygen atoms in total. The van der Waals surface area contributed by atoms with Crippen LogP contribution in [0.15, 0.2) is 0 Å². The van der Waals surface area contributed by atoms with E-state index >= 15 is 0 Å². The van der Waals surface area contributed by atoms with Crippen LogP contribution in [0.2, 0.25) is 0 Å². The normalized spacial score (nSPS) is 28.3. The average Bonchev–Trinajstić information content (AvgIpc) is 2.21. The lowest BCUT2D eigenvalue weighted by Gasteiger charge is -2.35. The number of unbranched alkanes of at least 4 members (excludes halogenated alkanes) is 1. The van der Waals surface area contributed by atoms with Crippen LogP contribution in [0.4, 0.5) is 0 Å². The summed E-state index contributed by atoms with van der Waals surface area (Å²) in [6.45, 7) is 7.04. The fraction of sp³-hybridized carbons (Fsp3) is 1.00. The van der Waals surface area contributed by atoms with Gasteiger partial charge in [-0.25, -0.2) is 0 Å². The second kappa shape index (κ2) is 6.41. The summed E-state index contributed by atoms with van der Waals surface area (Å²) in [5, 5.41) is 0. The van der Waals surface area contributed by atoms with Gasteiger partial charge in [0, 0.05) is 12.1 Å². The first-order valence-corrected chi connectivity index (χ1v) is 6.27. The molecule has 0 atom stereocenters. The van der Waals surface area contributed by atoms with E-state index in [-0.39, 0.29) is 0 Å². The molecule has 0 unspecified atom stereocenters. The highest BCUT2D eigenvalue weighted by atomic mass is 15.1. The summed E-state index contributed by atoms with van der Waals surface area (Å²) in [6, 6.07) is 1.31. The van der Waals surface area contributed by atoms with Gasteiger partial charge >= 0.3 is 0 Å². The van der Waals surface area contributed by atoms with Gasteiger partial charge in [0.05, 0.1) is 0 Å². The van der Waals surface area contributed by atoms with Gasteiger partial charge in [-0.15, -0.1) is 0 Å². The molecule has 2 heteroatoms. The van der Waals surface area contributed by atoms with Crippen LogP contribution in [-0.2, 0) is 0 Å². The number of nitrogens with zero attached hydrogens (tertiary/aromatic N) is 1. The SMILES string of the molecule is CCCCN(CC)C1CCC(N)CC1. The molecular weight excluding hydrogens is 172 g/mol. The van der Waals surface area contributed by atoms with Crippen molar-refractivity contribution in [3.8, 4) is 0 Å². The third-order valence-corrected chi connectivity index (χ3v) is 3.46. The Morgan fingerprint density at radius 1 is 1.14 bits per heavy atom. The monoisotopic (exact) mass is 198 g/mol. The van der Waals surface area contributed by atoms with Crippen LogP contribution in [0.1, 0.15) is 52.4 Å². The van der Waals surface area contributed by atoms with Gasteiger partial charge in [0.25, 0.3) is 0 Å². The Bertz CT molecular complexity index is 137. The predicted molar refractivity (Wildman–Crippen MR) is 62.4 cm³/mol. The molecule has 14 heavy (non-hydrogen) atoms. The molecular formula is C12H26N2. The standard InChI is InChI=1S/C12H26N2/c1-3-5-10-14(4-2)12-8-6-11(13)7-9-12/h11-12H,3-10,13H2,1-2H3. The van der Waals surface area contributed by atoms with Crippen molar-refractivity contribution in [2.75, 3.05) is 13.1 Å². The molecule has 1 aliphatic rings. The number of nitrogens with two attached hydrogens (primary N) is 1. The van der Waals surface area contributed by atoms with E-state index in [0.717, 1.165) is 6.04 Å². The molecule has 0 radical (unpaired) electrons. The molecule has 0 aromatic heterocycles. The minimum atomic E-state index is 0.483. The zero-order valence-corrected chi connectivity index (χ0v) is 9.84. The molecule has 1 aliphatic carbocycles. The smallest absolute Gasteiger partial charge is 0.00962 e. The van der Waals surface area contributed by atoms with Crippen molar-refractivity contribution in [1.82, 2.24) is 4.90 Å². The van der Waals surface area contributed by atoms with Crippen LogP contribution in [-0.4, -0.2) is 30.1 Å². The quantitative estimate of drug-likeness (QED) is 0.735. The molecule has 1 fully saturated rings. The summed E-state index contributed by atoms with van der Waals surface area (Å²) < 4.78 is 0. The maximum atomic E-state index is 5.92. The van der Waals surface area contributed by atoms with Crippen molar-refractivity contribution < 1.29 is 0 Å². The summed E-state index contributed by atoms with van der Waals surface area (Å²) in [4.78, 5) is 2.65. The summed E-state index contributed by atoms with van der Waals surface area (Å²) in [5.74, 6) is 0. The average molecular weight is 198 g/mol. The number of hydrogen-bond acceptors (Lipinski definition) is 2. The van der Waals surface area contributed by atoms with Gasteiger partial charge in [-0.05, 0) is 45.2 Å². The van der Waals surface area contributed by atoms with Crippen LogP contribution >= 0.6 is 0 Å². The fourth-order valence-electron chi connectivity index (χ4n) is 2.43. The maximum Gasteiger partial charge on any atom is 0.00962 e. The van der Waals surface area contributed by atoms with E-state index in [1.54, 1.807) is 0 Å². The molecule has 1 saturated carbocycles. The van der Waals surface area contributed by atoms with Crippen molar-refractivity contribution in [2.24, 2.45) is 5.73 Å². The molecule has 0 aliphatic heterocycles. The van der Waals surface area contributed by atoms with E-state index in [2.05, 4.69) is 18.7 Å². The summed E-state index contributed by atoms with van der Waals surface area (Å²) >= 11 is 0. The maximum absolute atomic E-state index is 5.92. The second-order valence-corrected chi connectivity index (χ2v) is 4.55. The van der Waals surface area contributed by atoms with Crippen molar-refractivity contribution in [1.29, 1.82) is 0 Å². The largest absolute Gasteiger partial charge is 0.328 e. The minimum Gasteiger partial charge on any atom is -0.328 e. The molecule has 1 rings (SSSR count). The molecule has 84 valence electrons. The highest BCUT2D eigenvalue weighted by molar-refractivity contribution is 4.80. The Hall–Kier alpha value is -0.0800. The van der Waals surface area contributed by atoms with Gasteiger partial charge in [-0.3, -0.25) is 0 Å². The minimum absolute atomic E-state index is 0.483. The molecule has 0 amide bonds. The second-order valence-electron chi connectivity index (χ2n) is 4.55. The van der Waals surface area contributed by atoms with E-state index in [4.69, 9.17) is 5.73 Å². The Morgan fingerprint density at radius 2 is 1.79 bits per heavy atom. The van der Waals surface area contributed by atoms with Crippen LogP contribution in [0, 0.1) is 0 Å². The third kappa shape index (κ3) is 3.58. The Balaban J connectivity index is 2.29. The number of rotatable bonds is 5. The van der Waals surface area contributed by atoms with Gasteiger partial charge in [-0.1, -0.05) is 20.3 Å². The molecule has 0 aromatic rings. The topological polar surface area (TPSA) is 29.3 Å². The van der Waals surface area contributed by atoms with Gasteiger partial charge in [-0.2, -0.15) is 0 Å². The first-order chi connectivity index (χ1) is 6.77. The van der Waals surface area contributed by atoms with E-state index in [1.807, 2.05) is 0 Å². The van der Waals surface area contributed by atoms with Crippen LogP contribution in [0.5, 0.6) is 0 Å².